The summed E-state index contributed by atoms with van der Waals surface area (Å²) in [6.07, 6.45) is 1.32. The summed E-state index contributed by atoms with van der Waals surface area (Å²) in [7, 11) is 0. The highest BCUT2D eigenvalue weighted by Gasteiger charge is 2.47. The Morgan fingerprint density at radius 2 is 2.00 bits per heavy atom. The Hall–Kier alpha value is -0.0400. The van der Waals surface area contributed by atoms with Gasteiger partial charge in [0.05, 0.1) is 0 Å². The van der Waals surface area contributed by atoms with E-state index in [9.17, 15) is 0 Å². The van der Waals surface area contributed by atoms with E-state index >= 15 is 0 Å². The quantitative estimate of drug-likeness (QED) is 0.546. The van der Waals surface area contributed by atoms with E-state index in [-0.39, 0.29) is 0 Å². The van der Waals surface area contributed by atoms with Crippen molar-refractivity contribution in [1.29, 1.82) is 0 Å². The SMILES string of the molecule is CC(N)C1CC1(C)C. The Labute approximate surface area is 51.3 Å². The van der Waals surface area contributed by atoms with Gasteiger partial charge in [0.25, 0.3) is 0 Å². The first-order chi connectivity index (χ1) is 3.54. The van der Waals surface area contributed by atoms with E-state index in [2.05, 4.69) is 20.8 Å². The molecule has 0 aliphatic heterocycles. The third kappa shape index (κ3) is 0.873. The Bertz CT molecular complexity index is 94.6. The zero-order chi connectivity index (χ0) is 6.36. The second-order valence-electron chi connectivity index (χ2n) is 3.66. The molecule has 0 heterocycles. The molecule has 1 aliphatic rings. The highest BCUT2D eigenvalue weighted by molar-refractivity contribution is 4.99. The molecule has 2 atom stereocenters. The van der Waals surface area contributed by atoms with E-state index in [1.54, 1.807) is 0 Å². The van der Waals surface area contributed by atoms with Crippen molar-refractivity contribution in [1.82, 2.24) is 0 Å². The number of nitrogens with two attached hydrogens (primary N) is 1. The second kappa shape index (κ2) is 1.47. The van der Waals surface area contributed by atoms with Crippen molar-refractivity contribution in [3.05, 3.63) is 0 Å². The van der Waals surface area contributed by atoms with Gasteiger partial charge >= 0.3 is 0 Å². The lowest BCUT2D eigenvalue weighted by Crippen LogP contribution is -2.19. The molecular formula is C7H15N. The van der Waals surface area contributed by atoms with Crippen LogP contribution in [-0.2, 0) is 0 Å². The Morgan fingerprint density at radius 3 is 2.00 bits per heavy atom. The molecule has 2 N–H and O–H groups in total. The van der Waals surface area contributed by atoms with Crippen LogP contribution in [0.2, 0.25) is 0 Å². The third-order valence-corrected chi connectivity index (χ3v) is 2.22. The topological polar surface area (TPSA) is 26.0 Å². The van der Waals surface area contributed by atoms with Gasteiger partial charge < -0.3 is 5.73 Å². The van der Waals surface area contributed by atoms with E-state index < -0.39 is 0 Å². The summed E-state index contributed by atoms with van der Waals surface area (Å²) in [5, 5.41) is 0. The van der Waals surface area contributed by atoms with Crippen LogP contribution < -0.4 is 5.73 Å². The monoisotopic (exact) mass is 113 g/mol. The van der Waals surface area contributed by atoms with Gasteiger partial charge in [0.1, 0.15) is 0 Å². The highest BCUT2D eigenvalue weighted by atomic mass is 14.7. The minimum absolute atomic E-state index is 0.407. The molecule has 48 valence electrons. The van der Waals surface area contributed by atoms with Gasteiger partial charge in [-0.1, -0.05) is 13.8 Å². The maximum atomic E-state index is 5.67. The van der Waals surface area contributed by atoms with Gasteiger partial charge in [-0.25, -0.2) is 0 Å². The van der Waals surface area contributed by atoms with Crippen LogP contribution >= 0.6 is 0 Å². The van der Waals surface area contributed by atoms with Crippen LogP contribution in [0, 0.1) is 11.3 Å². The first kappa shape index (κ1) is 6.09. The molecule has 1 saturated carbocycles. The molecule has 1 aliphatic carbocycles. The predicted octanol–water partition coefficient (Wildman–Crippen LogP) is 1.38. The fourth-order valence-corrected chi connectivity index (χ4v) is 1.41. The number of rotatable bonds is 1. The van der Waals surface area contributed by atoms with Crippen molar-refractivity contribution in [2.24, 2.45) is 17.1 Å². The van der Waals surface area contributed by atoms with Gasteiger partial charge in [0.2, 0.25) is 0 Å². The van der Waals surface area contributed by atoms with Crippen LogP contribution in [0.1, 0.15) is 27.2 Å². The molecule has 8 heavy (non-hydrogen) atoms. The van der Waals surface area contributed by atoms with E-state index in [0.717, 1.165) is 5.92 Å². The fourth-order valence-electron chi connectivity index (χ4n) is 1.41. The zero-order valence-electron chi connectivity index (χ0n) is 5.94. The van der Waals surface area contributed by atoms with Gasteiger partial charge in [-0.15, -0.1) is 0 Å². The summed E-state index contributed by atoms with van der Waals surface area (Å²) in [5.74, 6) is 0.794. The van der Waals surface area contributed by atoms with Gasteiger partial charge in [-0.2, -0.15) is 0 Å². The van der Waals surface area contributed by atoms with E-state index in [0.29, 0.717) is 11.5 Å². The van der Waals surface area contributed by atoms with Gasteiger partial charge in [-0.3, -0.25) is 0 Å². The van der Waals surface area contributed by atoms with E-state index in [1.807, 2.05) is 0 Å². The number of hydrogen-bond acceptors (Lipinski definition) is 1. The molecule has 0 spiro atoms. The highest BCUT2D eigenvalue weighted by Crippen LogP contribution is 2.52. The van der Waals surface area contributed by atoms with Crippen LogP contribution in [0.5, 0.6) is 0 Å². The molecule has 0 bridgehead atoms. The second-order valence-corrected chi connectivity index (χ2v) is 3.66. The van der Waals surface area contributed by atoms with Crippen molar-refractivity contribution < 1.29 is 0 Å². The largest absolute Gasteiger partial charge is 0.328 e. The standard InChI is InChI=1S/C7H15N/c1-5(8)6-4-7(6,2)3/h5-6H,4,8H2,1-3H3. The smallest absolute Gasteiger partial charge is 0.00440 e. The summed E-state index contributed by atoms with van der Waals surface area (Å²) in [4.78, 5) is 0. The lowest BCUT2D eigenvalue weighted by atomic mass is 10.1. The normalized spacial score (nSPS) is 36.8. The lowest BCUT2D eigenvalue weighted by molar-refractivity contribution is 0.501. The fraction of sp³-hybridized carbons (Fsp3) is 1.00. The molecule has 1 rings (SSSR count). The molecule has 1 fully saturated rings. The maximum absolute atomic E-state index is 5.67. The molecule has 0 amide bonds. The van der Waals surface area contributed by atoms with Crippen molar-refractivity contribution >= 4 is 0 Å². The zero-order valence-corrected chi connectivity index (χ0v) is 5.94. The van der Waals surface area contributed by atoms with E-state index in [1.165, 1.54) is 6.42 Å². The van der Waals surface area contributed by atoms with Crippen LogP contribution in [0.3, 0.4) is 0 Å². The number of hydrogen-bond donors (Lipinski definition) is 1. The van der Waals surface area contributed by atoms with Gasteiger partial charge in [0, 0.05) is 6.04 Å². The molecule has 0 aromatic heterocycles. The summed E-state index contributed by atoms with van der Waals surface area (Å²) in [6.45, 7) is 6.65. The molecule has 1 nitrogen and oxygen atoms in total. The van der Waals surface area contributed by atoms with Crippen LogP contribution in [-0.4, -0.2) is 6.04 Å². The van der Waals surface area contributed by atoms with Gasteiger partial charge in [-0.05, 0) is 24.7 Å². The van der Waals surface area contributed by atoms with E-state index in [4.69, 9.17) is 5.73 Å². The summed E-state index contributed by atoms with van der Waals surface area (Å²) >= 11 is 0. The molecule has 0 aromatic rings. The summed E-state index contributed by atoms with van der Waals surface area (Å²) in [5.41, 5.74) is 6.24. The molecule has 0 saturated heterocycles. The minimum atomic E-state index is 0.407. The Morgan fingerprint density at radius 1 is 1.62 bits per heavy atom. The Kier molecular flexibility index (Phi) is 1.12. The van der Waals surface area contributed by atoms with Gasteiger partial charge in [0.15, 0.2) is 0 Å². The van der Waals surface area contributed by atoms with Crippen LogP contribution in [0.25, 0.3) is 0 Å². The van der Waals surface area contributed by atoms with Crippen molar-refractivity contribution in [2.75, 3.05) is 0 Å². The first-order valence-electron chi connectivity index (χ1n) is 3.29. The summed E-state index contributed by atoms with van der Waals surface area (Å²) in [6, 6.07) is 0.407. The Balaban J connectivity index is 2.37. The van der Waals surface area contributed by atoms with Crippen LogP contribution in [0.15, 0.2) is 0 Å². The summed E-state index contributed by atoms with van der Waals surface area (Å²) < 4.78 is 0. The molecule has 0 radical (unpaired) electrons. The van der Waals surface area contributed by atoms with Crippen molar-refractivity contribution in [3.63, 3.8) is 0 Å². The third-order valence-electron chi connectivity index (χ3n) is 2.22. The lowest BCUT2D eigenvalue weighted by Gasteiger charge is -2.04. The van der Waals surface area contributed by atoms with Crippen molar-refractivity contribution in [2.45, 2.75) is 33.2 Å². The maximum Gasteiger partial charge on any atom is 0.00440 e. The molecule has 0 aromatic carbocycles. The molecule has 1 heteroatoms. The molecular weight excluding hydrogens is 98.1 g/mol. The van der Waals surface area contributed by atoms with Crippen LogP contribution in [0.4, 0.5) is 0 Å². The van der Waals surface area contributed by atoms with Crippen molar-refractivity contribution in [3.8, 4) is 0 Å². The predicted molar refractivity (Wildman–Crippen MR) is 35.5 cm³/mol. The minimum Gasteiger partial charge on any atom is -0.328 e. The average molecular weight is 113 g/mol. The molecule has 2 unspecified atom stereocenters. The first-order valence-corrected chi connectivity index (χ1v) is 3.29. The average Bonchev–Trinajstić information content (AvgIpc) is 2.13.